The quantitative estimate of drug-likeness (QED) is 0.134. The van der Waals surface area contributed by atoms with Crippen LogP contribution in [0.3, 0.4) is 0 Å². The van der Waals surface area contributed by atoms with Crippen LogP contribution in [0.5, 0.6) is 0 Å². The van der Waals surface area contributed by atoms with E-state index < -0.39 is 0 Å². The Hall–Kier alpha value is -3.79. The molecule has 7 rings (SSSR count). The number of rotatable bonds is 5. The Labute approximate surface area is 246 Å². The van der Waals surface area contributed by atoms with Crippen molar-refractivity contribution in [3.05, 3.63) is 116 Å². The maximum Gasteiger partial charge on any atom is 0.494 e. The van der Waals surface area contributed by atoms with Crippen LogP contribution in [-0.2, 0) is 20.1 Å². The summed E-state index contributed by atoms with van der Waals surface area (Å²) in [6, 6.07) is 40.7. The van der Waals surface area contributed by atoms with Crippen LogP contribution in [-0.4, -0.2) is 27.1 Å². The zero-order chi connectivity index (χ0) is 25.7. The first kappa shape index (κ1) is 26.8. The molecular weight excluding hydrogens is 677 g/mol. The van der Waals surface area contributed by atoms with Crippen LogP contribution in [0.1, 0.15) is 19.8 Å². The summed E-state index contributed by atoms with van der Waals surface area (Å²) in [7, 11) is 0. The number of pyridine rings is 2. The van der Waals surface area contributed by atoms with Gasteiger partial charge in [-0.1, -0.05) is 63.6 Å². The molecule has 0 aliphatic carbocycles. The van der Waals surface area contributed by atoms with Crippen LogP contribution in [0.4, 0.5) is 17.1 Å². The molecule has 1 radical (unpaired) electrons. The fraction of sp³-hybridized carbons (Fsp3) is 0.121. The van der Waals surface area contributed by atoms with Gasteiger partial charge >= 0.3 is 6.01 Å². The molecule has 6 heteroatoms. The van der Waals surface area contributed by atoms with E-state index in [4.69, 9.17) is 0 Å². The SMILES string of the molecule is CCCC[N+]1=C=[N+](c2[c-]cc3c(c2)sc2ncccc23)c2ccccc21.[Ir].[c-]1ccccc1-c1ccccn1. The second-order valence-corrected chi connectivity index (χ2v) is 10.0. The number of unbranched alkanes of at least 4 members (excludes halogenated alkanes) is 1. The molecule has 1 aliphatic heterocycles. The molecule has 0 N–H and O–H groups in total. The minimum absolute atomic E-state index is 0. The normalized spacial score (nSPS) is 11.7. The minimum atomic E-state index is 0. The molecule has 3 aromatic carbocycles. The molecule has 1 aliphatic rings. The first-order valence-corrected chi connectivity index (χ1v) is 13.6. The van der Waals surface area contributed by atoms with Crippen molar-refractivity contribution in [2.45, 2.75) is 19.8 Å². The Balaban J connectivity index is 0.000000200. The number of nitrogens with zero attached hydrogens (tertiary/aromatic N) is 4. The van der Waals surface area contributed by atoms with E-state index in [1.165, 1.54) is 33.3 Å². The summed E-state index contributed by atoms with van der Waals surface area (Å²) in [5.74, 6) is 0. The topological polar surface area (TPSA) is 31.8 Å². The van der Waals surface area contributed by atoms with Crippen molar-refractivity contribution in [2.75, 3.05) is 6.54 Å². The van der Waals surface area contributed by atoms with E-state index in [0.717, 1.165) is 34.7 Å². The fourth-order valence-electron chi connectivity index (χ4n) is 4.52. The van der Waals surface area contributed by atoms with Gasteiger partial charge in [0.1, 0.15) is 10.5 Å². The maximum absolute atomic E-state index is 4.49. The molecule has 0 saturated carbocycles. The van der Waals surface area contributed by atoms with Crippen molar-refractivity contribution in [2.24, 2.45) is 0 Å². The van der Waals surface area contributed by atoms with E-state index >= 15 is 0 Å². The first-order chi connectivity index (χ1) is 18.8. The first-order valence-electron chi connectivity index (χ1n) is 12.8. The predicted octanol–water partition coefficient (Wildman–Crippen LogP) is 8.26. The van der Waals surface area contributed by atoms with Gasteiger partial charge in [-0.2, -0.15) is 6.07 Å². The molecule has 0 bridgehead atoms. The monoisotopic (exact) mass is 703 g/mol. The molecule has 6 aromatic rings. The molecule has 0 unspecified atom stereocenters. The number of hydrogen-bond acceptors (Lipinski definition) is 3. The number of para-hydroxylation sites is 2. The van der Waals surface area contributed by atoms with Crippen molar-refractivity contribution in [3.63, 3.8) is 0 Å². The van der Waals surface area contributed by atoms with Gasteiger partial charge in [0.2, 0.25) is 0 Å². The number of hydrogen-bond donors (Lipinski definition) is 0. The largest absolute Gasteiger partial charge is 0.494 e. The van der Waals surface area contributed by atoms with Gasteiger partial charge in [-0.3, -0.25) is 0 Å². The Morgan fingerprint density at radius 1 is 0.846 bits per heavy atom. The van der Waals surface area contributed by atoms with Gasteiger partial charge in [0.15, 0.2) is 6.54 Å². The molecule has 0 spiro atoms. The molecule has 0 fully saturated rings. The van der Waals surface area contributed by atoms with Gasteiger partial charge in [0.25, 0.3) is 11.4 Å². The van der Waals surface area contributed by atoms with Crippen molar-refractivity contribution in [3.8, 4) is 11.3 Å². The Bertz CT molecular complexity index is 1750. The molecule has 193 valence electrons. The minimum Gasteiger partial charge on any atom is -0.305 e. The average Bonchev–Trinajstić information content (AvgIpc) is 3.55. The van der Waals surface area contributed by atoms with Crippen molar-refractivity contribution < 1.29 is 24.7 Å². The third-order valence-corrected chi connectivity index (χ3v) is 7.50. The van der Waals surface area contributed by atoms with Gasteiger partial charge in [-0.05, 0) is 23.2 Å². The Morgan fingerprint density at radius 2 is 1.67 bits per heavy atom. The average molecular weight is 703 g/mol. The van der Waals surface area contributed by atoms with Crippen LogP contribution in [0.15, 0.2) is 103 Å². The van der Waals surface area contributed by atoms with Gasteiger partial charge in [-0.25, -0.2) is 4.98 Å². The Kier molecular flexibility index (Phi) is 8.51. The van der Waals surface area contributed by atoms with Gasteiger partial charge in [0, 0.05) is 51.1 Å². The molecule has 0 amide bonds. The third kappa shape index (κ3) is 5.66. The van der Waals surface area contributed by atoms with Crippen molar-refractivity contribution in [1.82, 2.24) is 14.5 Å². The third-order valence-electron chi connectivity index (χ3n) is 6.43. The summed E-state index contributed by atoms with van der Waals surface area (Å²) in [4.78, 5) is 9.79. The maximum atomic E-state index is 4.49. The molecule has 4 heterocycles. The van der Waals surface area contributed by atoms with Gasteiger partial charge in [-0.15, -0.1) is 58.7 Å². The number of benzene rings is 3. The van der Waals surface area contributed by atoms with Gasteiger partial charge < -0.3 is 4.98 Å². The number of aromatic nitrogens is 2. The predicted molar refractivity (Wildman–Crippen MR) is 157 cm³/mol. The summed E-state index contributed by atoms with van der Waals surface area (Å²) in [5.41, 5.74) is 5.41. The summed E-state index contributed by atoms with van der Waals surface area (Å²) in [6.07, 6.45) is 5.97. The molecule has 4 nitrogen and oxygen atoms in total. The van der Waals surface area contributed by atoms with Gasteiger partial charge in [0.05, 0.1) is 0 Å². The van der Waals surface area contributed by atoms with Crippen molar-refractivity contribution >= 4 is 54.7 Å². The van der Waals surface area contributed by atoms with E-state index in [2.05, 4.69) is 86.6 Å². The second-order valence-electron chi connectivity index (χ2n) is 8.97. The van der Waals surface area contributed by atoms with Crippen LogP contribution >= 0.6 is 11.3 Å². The van der Waals surface area contributed by atoms with Crippen LogP contribution in [0.2, 0.25) is 0 Å². The summed E-state index contributed by atoms with van der Waals surface area (Å²) >= 11 is 1.73. The zero-order valence-corrected chi connectivity index (χ0v) is 24.7. The molecular formula is C33H26IrN4S. The second kappa shape index (κ2) is 12.4. The van der Waals surface area contributed by atoms with E-state index in [0.29, 0.717) is 0 Å². The van der Waals surface area contributed by atoms with Crippen molar-refractivity contribution in [1.29, 1.82) is 0 Å². The summed E-state index contributed by atoms with van der Waals surface area (Å²) in [5, 5.41) is 2.42. The van der Waals surface area contributed by atoms with E-state index in [-0.39, 0.29) is 20.1 Å². The Morgan fingerprint density at radius 3 is 2.46 bits per heavy atom. The standard InChI is InChI=1S/C22H18N3S.C11H8N.Ir/c1-2-3-13-24-15-25(20-9-5-4-8-19(20)24)16-10-11-17-18-7-6-12-23-22(18)26-21(17)14-16;1-2-6-10(7-3-1)11-8-4-5-9-12-11;/h4-9,11-12,14H,2-3,13H2,1H3;1-6,8-9H;/q+1;-1;. The van der Waals surface area contributed by atoms with Crippen LogP contribution in [0, 0.1) is 12.1 Å². The molecule has 0 saturated heterocycles. The zero-order valence-electron chi connectivity index (χ0n) is 21.5. The van der Waals surface area contributed by atoms with E-state index in [9.17, 15) is 0 Å². The number of fused-ring (bicyclic) bond motifs is 4. The van der Waals surface area contributed by atoms with E-state index in [1.807, 2.05) is 54.7 Å². The molecule has 39 heavy (non-hydrogen) atoms. The molecule has 3 aromatic heterocycles. The smallest absolute Gasteiger partial charge is 0.305 e. The summed E-state index contributed by atoms with van der Waals surface area (Å²) in [6.45, 7) is 3.20. The van der Waals surface area contributed by atoms with Crippen LogP contribution in [0.25, 0.3) is 31.6 Å². The van der Waals surface area contributed by atoms with Crippen LogP contribution < -0.4 is 4.58 Å². The molecule has 0 atom stereocenters. The van der Waals surface area contributed by atoms with E-state index in [1.54, 1.807) is 17.5 Å². The summed E-state index contributed by atoms with van der Waals surface area (Å²) < 4.78 is 5.59. The fourth-order valence-corrected chi connectivity index (χ4v) is 5.58. The number of thiophene rings is 1.